The Morgan fingerprint density at radius 2 is 1.91 bits per heavy atom. The molecule has 1 aromatic rings. The standard InChI is InChI=1S/C17H25NO4/c1-12-5-7-13(8-6-12)9-10-15(20)14(11-19)18-16(21)22-17(2,3)4/h5-10,14-15,19-20H,11H2,1-4H3,(H,18,21)/t14-,15+/m1/s1. The topological polar surface area (TPSA) is 78.8 Å². The lowest BCUT2D eigenvalue weighted by Gasteiger charge is -2.24. The lowest BCUT2D eigenvalue weighted by Crippen LogP contribution is -2.46. The summed E-state index contributed by atoms with van der Waals surface area (Å²) in [5, 5.41) is 21.8. The number of ether oxygens (including phenoxy) is 1. The molecule has 1 amide bonds. The number of hydrogen-bond donors (Lipinski definition) is 3. The SMILES string of the molecule is Cc1ccc(C=C[C@H](O)[C@@H](CO)NC(=O)OC(C)(C)C)cc1. The van der Waals surface area contributed by atoms with E-state index in [0.717, 1.165) is 11.1 Å². The molecule has 0 fully saturated rings. The van der Waals surface area contributed by atoms with Crippen LogP contribution in [-0.2, 0) is 4.74 Å². The van der Waals surface area contributed by atoms with Gasteiger partial charge in [-0.25, -0.2) is 4.79 Å². The van der Waals surface area contributed by atoms with Crippen molar-refractivity contribution < 1.29 is 19.7 Å². The van der Waals surface area contributed by atoms with Crippen molar-refractivity contribution in [3.05, 3.63) is 41.5 Å². The quantitative estimate of drug-likeness (QED) is 0.779. The first kappa shape index (κ1) is 18.2. The molecule has 0 aliphatic rings. The summed E-state index contributed by atoms with van der Waals surface area (Å²) < 4.78 is 5.10. The first-order chi connectivity index (χ1) is 10.2. The molecule has 0 bridgehead atoms. The van der Waals surface area contributed by atoms with Crippen LogP contribution in [0.25, 0.3) is 6.08 Å². The maximum absolute atomic E-state index is 11.7. The van der Waals surface area contributed by atoms with Gasteiger partial charge in [-0.05, 0) is 33.3 Å². The predicted octanol–water partition coefficient (Wildman–Crippen LogP) is 2.25. The highest BCUT2D eigenvalue weighted by molar-refractivity contribution is 5.68. The van der Waals surface area contributed by atoms with E-state index in [-0.39, 0.29) is 0 Å². The van der Waals surface area contributed by atoms with Gasteiger partial charge in [0.05, 0.1) is 18.8 Å². The normalized spacial score (nSPS) is 14.6. The van der Waals surface area contributed by atoms with E-state index in [9.17, 15) is 15.0 Å². The third-order valence-electron chi connectivity index (χ3n) is 2.87. The van der Waals surface area contributed by atoms with Gasteiger partial charge in [-0.15, -0.1) is 0 Å². The number of hydrogen-bond acceptors (Lipinski definition) is 4. The Bertz CT molecular complexity index is 502. The molecule has 5 nitrogen and oxygen atoms in total. The van der Waals surface area contributed by atoms with Crippen LogP contribution in [0.1, 0.15) is 31.9 Å². The zero-order valence-corrected chi connectivity index (χ0v) is 13.5. The third-order valence-corrected chi connectivity index (χ3v) is 2.87. The molecular weight excluding hydrogens is 282 g/mol. The Morgan fingerprint density at radius 1 is 1.32 bits per heavy atom. The molecule has 2 atom stereocenters. The van der Waals surface area contributed by atoms with Gasteiger partial charge in [0, 0.05) is 0 Å². The second-order valence-corrected chi connectivity index (χ2v) is 6.20. The van der Waals surface area contributed by atoms with Crippen LogP contribution in [0.4, 0.5) is 4.79 Å². The molecule has 0 aliphatic carbocycles. The van der Waals surface area contributed by atoms with Crippen LogP contribution in [0.5, 0.6) is 0 Å². The highest BCUT2D eigenvalue weighted by atomic mass is 16.6. The predicted molar refractivity (Wildman–Crippen MR) is 86.5 cm³/mol. The molecule has 0 aliphatic heterocycles. The van der Waals surface area contributed by atoms with E-state index in [1.807, 2.05) is 31.2 Å². The summed E-state index contributed by atoms with van der Waals surface area (Å²) in [7, 11) is 0. The second kappa shape index (κ2) is 7.96. The largest absolute Gasteiger partial charge is 0.444 e. The number of carbonyl (C=O) groups is 1. The summed E-state index contributed by atoms with van der Waals surface area (Å²) in [4.78, 5) is 11.7. The molecule has 0 saturated carbocycles. The van der Waals surface area contributed by atoms with Gasteiger partial charge in [0.1, 0.15) is 5.60 Å². The third kappa shape index (κ3) is 6.74. The highest BCUT2D eigenvalue weighted by Crippen LogP contribution is 2.09. The number of aliphatic hydroxyl groups excluding tert-OH is 2. The first-order valence-electron chi connectivity index (χ1n) is 7.24. The van der Waals surface area contributed by atoms with Gasteiger partial charge in [0.2, 0.25) is 0 Å². The van der Waals surface area contributed by atoms with E-state index in [4.69, 9.17) is 4.74 Å². The van der Waals surface area contributed by atoms with Crippen molar-refractivity contribution in [3.8, 4) is 0 Å². The Morgan fingerprint density at radius 3 is 2.41 bits per heavy atom. The van der Waals surface area contributed by atoms with Crippen LogP contribution in [0.3, 0.4) is 0 Å². The fourth-order valence-corrected chi connectivity index (χ4v) is 1.72. The van der Waals surface area contributed by atoms with E-state index in [2.05, 4.69) is 5.32 Å². The molecule has 5 heteroatoms. The number of nitrogens with one attached hydrogen (secondary N) is 1. The van der Waals surface area contributed by atoms with Crippen molar-refractivity contribution >= 4 is 12.2 Å². The minimum atomic E-state index is -1.01. The molecule has 0 radical (unpaired) electrons. The first-order valence-corrected chi connectivity index (χ1v) is 7.24. The molecule has 0 aromatic heterocycles. The fraction of sp³-hybridized carbons (Fsp3) is 0.471. The Hall–Kier alpha value is -1.85. The van der Waals surface area contributed by atoms with E-state index >= 15 is 0 Å². The average Bonchev–Trinajstić information content (AvgIpc) is 2.42. The number of aryl methyl sites for hydroxylation is 1. The number of aliphatic hydroxyl groups is 2. The van der Waals surface area contributed by atoms with Crippen LogP contribution in [0.2, 0.25) is 0 Å². The summed E-state index contributed by atoms with van der Waals surface area (Å²) in [6.07, 6.45) is 1.58. The molecule has 0 saturated heterocycles. The van der Waals surface area contributed by atoms with Gasteiger partial charge in [0.15, 0.2) is 0 Å². The second-order valence-electron chi connectivity index (χ2n) is 6.20. The lowest BCUT2D eigenvalue weighted by atomic mass is 10.1. The minimum absolute atomic E-state index is 0.390. The summed E-state index contributed by atoms with van der Waals surface area (Å²) in [6, 6.07) is 6.96. The molecule has 22 heavy (non-hydrogen) atoms. The van der Waals surface area contributed by atoms with E-state index < -0.39 is 30.4 Å². The van der Waals surface area contributed by atoms with Crippen molar-refractivity contribution in [2.75, 3.05) is 6.61 Å². The zero-order valence-electron chi connectivity index (χ0n) is 13.5. The van der Waals surface area contributed by atoms with Crippen molar-refractivity contribution in [2.45, 2.75) is 45.4 Å². The molecule has 1 aromatic carbocycles. The van der Waals surface area contributed by atoms with Gasteiger partial charge < -0.3 is 20.3 Å². The summed E-state index contributed by atoms with van der Waals surface area (Å²) in [5.41, 5.74) is 1.45. The smallest absolute Gasteiger partial charge is 0.408 e. The zero-order chi connectivity index (χ0) is 16.8. The summed E-state index contributed by atoms with van der Waals surface area (Å²) in [5.74, 6) is 0. The molecular formula is C17H25NO4. The van der Waals surface area contributed by atoms with E-state index in [1.54, 1.807) is 26.8 Å². The number of benzene rings is 1. The minimum Gasteiger partial charge on any atom is -0.444 e. The molecule has 0 unspecified atom stereocenters. The van der Waals surface area contributed by atoms with Gasteiger partial charge in [-0.2, -0.15) is 0 Å². The van der Waals surface area contributed by atoms with Crippen LogP contribution >= 0.6 is 0 Å². The average molecular weight is 307 g/mol. The summed E-state index contributed by atoms with van der Waals surface area (Å²) in [6.45, 7) is 6.84. The summed E-state index contributed by atoms with van der Waals surface area (Å²) >= 11 is 0. The molecule has 0 heterocycles. The highest BCUT2D eigenvalue weighted by Gasteiger charge is 2.22. The van der Waals surface area contributed by atoms with Gasteiger partial charge in [0.25, 0.3) is 0 Å². The van der Waals surface area contributed by atoms with Crippen LogP contribution in [-0.4, -0.2) is 40.7 Å². The number of carbonyl (C=O) groups excluding carboxylic acids is 1. The van der Waals surface area contributed by atoms with Gasteiger partial charge in [-0.3, -0.25) is 0 Å². The lowest BCUT2D eigenvalue weighted by molar-refractivity contribution is 0.0406. The van der Waals surface area contributed by atoms with Crippen LogP contribution in [0.15, 0.2) is 30.3 Å². The Labute approximate surface area is 131 Å². The van der Waals surface area contributed by atoms with Crippen molar-refractivity contribution in [1.82, 2.24) is 5.32 Å². The van der Waals surface area contributed by atoms with Crippen molar-refractivity contribution in [3.63, 3.8) is 0 Å². The molecule has 3 N–H and O–H groups in total. The number of amides is 1. The van der Waals surface area contributed by atoms with Crippen LogP contribution in [0, 0.1) is 6.92 Å². The van der Waals surface area contributed by atoms with Crippen molar-refractivity contribution in [1.29, 1.82) is 0 Å². The van der Waals surface area contributed by atoms with Gasteiger partial charge in [-0.1, -0.05) is 42.0 Å². The molecule has 0 spiro atoms. The molecule has 1 rings (SSSR count). The Kier molecular flexibility index (Phi) is 6.59. The number of alkyl carbamates (subject to hydrolysis) is 1. The molecule has 122 valence electrons. The van der Waals surface area contributed by atoms with E-state index in [1.165, 1.54) is 6.08 Å². The number of rotatable bonds is 5. The Balaban J connectivity index is 2.62. The maximum Gasteiger partial charge on any atom is 0.408 e. The van der Waals surface area contributed by atoms with Crippen molar-refractivity contribution in [2.24, 2.45) is 0 Å². The monoisotopic (exact) mass is 307 g/mol. The van der Waals surface area contributed by atoms with E-state index in [0.29, 0.717) is 0 Å². The fourth-order valence-electron chi connectivity index (χ4n) is 1.72. The van der Waals surface area contributed by atoms with Gasteiger partial charge >= 0.3 is 6.09 Å². The van der Waals surface area contributed by atoms with Crippen LogP contribution < -0.4 is 5.32 Å². The maximum atomic E-state index is 11.7.